The third-order valence-corrected chi connectivity index (χ3v) is 3.04. The molecule has 0 aliphatic carbocycles. The van der Waals surface area contributed by atoms with Crippen molar-refractivity contribution in [3.8, 4) is 11.5 Å². The first-order chi connectivity index (χ1) is 10.2. The number of nitrogens with zero attached hydrogens (tertiary/aromatic N) is 1. The second-order valence-corrected chi connectivity index (χ2v) is 4.40. The average molecular weight is 287 g/mol. The van der Waals surface area contributed by atoms with Gasteiger partial charge in [-0.05, 0) is 31.2 Å². The first-order valence-electron chi connectivity index (χ1n) is 6.48. The Balaban J connectivity index is 2.27. The van der Waals surface area contributed by atoms with Gasteiger partial charge in [-0.3, -0.25) is 4.98 Å². The van der Waals surface area contributed by atoms with Gasteiger partial charge in [-0.15, -0.1) is 0 Å². The zero-order valence-electron chi connectivity index (χ0n) is 12.2. The lowest BCUT2D eigenvalue weighted by Gasteiger charge is -2.17. The zero-order valence-corrected chi connectivity index (χ0v) is 12.2. The molecule has 1 atom stereocenters. The number of methoxy groups -OCH3 is 2. The average Bonchev–Trinajstić information content (AvgIpc) is 2.54. The van der Waals surface area contributed by atoms with E-state index in [1.54, 1.807) is 37.7 Å². The van der Waals surface area contributed by atoms with E-state index in [9.17, 15) is 4.79 Å². The highest BCUT2D eigenvalue weighted by molar-refractivity contribution is 5.90. The van der Waals surface area contributed by atoms with E-state index in [0.717, 1.165) is 5.56 Å². The standard InChI is InChI=1S/C16H17NO4/c1-11(13-5-4-8-17-10-13)21-15-9-12(16(18)20-3)6-7-14(15)19-2/h4-11H,1-3H3. The molecule has 0 saturated carbocycles. The van der Waals surface area contributed by atoms with Crippen LogP contribution in [0.4, 0.5) is 0 Å². The van der Waals surface area contributed by atoms with E-state index in [4.69, 9.17) is 14.2 Å². The molecule has 0 bridgehead atoms. The number of carbonyl (C=O) groups excluding carboxylic acids is 1. The minimum Gasteiger partial charge on any atom is -0.493 e. The lowest BCUT2D eigenvalue weighted by atomic mass is 10.1. The van der Waals surface area contributed by atoms with Gasteiger partial charge in [0.15, 0.2) is 11.5 Å². The van der Waals surface area contributed by atoms with Crippen molar-refractivity contribution in [3.05, 3.63) is 53.9 Å². The second kappa shape index (κ2) is 6.74. The van der Waals surface area contributed by atoms with Crippen LogP contribution < -0.4 is 9.47 Å². The molecule has 2 aromatic rings. The fraction of sp³-hybridized carbons (Fsp3) is 0.250. The number of carbonyl (C=O) groups is 1. The van der Waals surface area contributed by atoms with Crippen molar-refractivity contribution in [1.82, 2.24) is 4.98 Å². The Bertz CT molecular complexity index is 613. The minimum atomic E-state index is -0.420. The number of hydrogen-bond acceptors (Lipinski definition) is 5. The van der Waals surface area contributed by atoms with Crippen LogP contribution in [0.25, 0.3) is 0 Å². The van der Waals surface area contributed by atoms with E-state index in [0.29, 0.717) is 17.1 Å². The molecule has 1 aromatic heterocycles. The predicted molar refractivity (Wildman–Crippen MR) is 77.6 cm³/mol. The van der Waals surface area contributed by atoms with Crippen molar-refractivity contribution in [3.63, 3.8) is 0 Å². The van der Waals surface area contributed by atoms with Crippen molar-refractivity contribution in [2.75, 3.05) is 14.2 Å². The molecule has 0 N–H and O–H groups in total. The number of esters is 1. The Labute approximate surface area is 123 Å². The van der Waals surface area contributed by atoms with Crippen LogP contribution in [-0.2, 0) is 4.74 Å². The molecule has 5 nitrogen and oxygen atoms in total. The summed E-state index contributed by atoms with van der Waals surface area (Å²) in [6, 6.07) is 8.69. The van der Waals surface area contributed by atoms with Crippen LogP contribution in [0.1, 0.15) is 28.9 Å². The van der Waals surface area contributed by atoms with Crippen LogP contribution in [0.2, 0.25) is 0 Å². The van der Waals surface area contributed by atoms with Crippen molar-refractivity contribution < 1.29 is 19.0 Å². The van der Waals surface area contributed by atoms with E-state index in [-0.39, 0.29) is 6.10 Å². The molecular formula is C16H17NO4. The van der Waals surface area contributed by atoms with Gasteiger partial charge in [0.2, 0.25) is 0 Å². The molecule has 0 saturated heterocycles. The summed E-state index contributed by atoms with van der Waals surface area (Å²) in [4.78, 5) is 15.7. The highest BCUT2D eigenvalue weighted by Crippen LogP contribution is 2.32. The molecule has 0 amide bonds. The Morgan fingerprint density at radius 2 is 2.00 bits per heavy atom. The van der Waals surface area contributed by atoms with Crippen molar-refractivity contribution in [1.29, 1.82) is 0 Å². The molecule has 21 heavy (non-hydrogen) atoms. The van der Waals surface area contributed by atoms with Gasteiger partial charge in [-0.1, -0.05) is 6.07 Å². The third-order valence-electron chi connectivity index (χ3n) is 3.04. The molecule has 1 unspecified atom stereocenters. The smallest absolute Gasteiger partial charge is 0.337 e. The number of rotatable bonds is 5. The maximum atomic E-state index is 11.6. The third kappa shape index (κ3) is 3.51. The number of ether oxygens (including phenoxy) is 3. The molecule has 1 heterocycles. The Morgan fingerprint density at radius 3 is 2.62 bits per heavy atom. The molecular weight excluding hydrogens is 270 g/mol. The van der Waals surface area contributed by atoms with Gasteiger partial charge in [0, 0.05) is 18.0 Å². The number of pyridine rings is 1. The highest BCUT2D eigenvalue weighted by atomic mass is 16.5. The van der Waals surface area contributed by atoms with Crippen LogP contribution in [0.5, 0.6) is 11.5 Å². The van der Waals surface area contributed by atoms with Gasteiger partial charge in [-0.2, -0.15) is 0 Å². The molecule has 1 aromatic carbocycles. The van der Waals surface area contributed by atoms with Crippen molar-refractivity contribution in [2.24, 2.45) is 0 Å². The largest absolute Gasteiger partial charge is 0.493 e. The summed E-state index contributed by atoms with van der Waals surface area (Å²) in [5.41, 5.74) is 1.34. The van der Waals surface area contributed by atoms with Crippen LogP contribution in [-0.4, -0.2) is 25.2 Å². The first-order valence-corrected chi connectivity index (χ1v) is 6.48. The molecule has 0 fully saturated rings. The van der Waals surface area contributed by atoms with Gasteiger partial charge in [0.1, 0.15) is 6.10 Å². The summed E-state index contributed by atoms with van der Waals surface area (Å²) in [5, 5.41) is 0. The molecule has 0 spiro atoms. The maximum absolute atomic E-state index is 11.6. The zero-order chi connectivity index (χ0) is 15.2. The van der Waals surface area contributed by atoms with Crippen LogP contribution in [0.3, 0.4) is 0 Å². The molecule has 110 valence electrons. The number of benzene rings is 1. The number of hydrogen-bond donors (Lipinski definition) is 0. The van der Waals surface area contributed by atoms with Gasteiger partial charge < -0.3 is 14.2 Å². The van der Waals surface area contributed by atoms with Crippen LogP contribution >= 0.6 is 0 Å². The van der Waals surface area contributed by atoms with E-state index in [1.165, 1.54) is 7.11 Å². The summed E-state index contributed by atoms with van der Waals surface area (Å²) in [6.45, 7) is 1.90. The fourth-order valence-electron chi connectivity index (χ4n) is 1.89. The lowest BCUT2D eigenvalue weighted by Crippen LogP contribution is -2.07. The monoisotopic (exact) mass is 287 g/mol. The van der Waals surface area contributed by atoms with Gasteiger partial charge in [0.25, 0.3) is 0 Å². The molecule has 5 heteroatoms. The Morgan fingerprint density at radius 1 is 1.19 bits per heavy atom. The quantitative estimate of drug-likeness (QED) is 0.791. The normalized spacial score (nSPS) is 11.6. The first kappa shape index (κ1) is 14.8. The van der Waals surface area contributed by atoms with E-state index in [2.05, 4.69) is 4.98 Å². The van der Waals surface area contributed by atoms with E-state index >= 15 is 0 Å². The fourth-order valence-corrected chi connectivity index (χ4v) is 1.89. The minimum absolute atomic E-state index is 0.222. The second-order valence-electron chi connectivity index (χ2n) is 4.40. The van der Waals surface area contributed by atoms with E-state index in [1.807, 2.05) is 19.1 Å². The molecule has 0 aliphatic rings. The lowest BCUT2D eigenvalue weighted by molar-refractivity contribution is 0.0600. The molecule has 0 aliphatic heterocycles. The van der Waals surface area contributed by atoms with Crippen molar-refractivity contribution >= 4 is 5.97 Å². The number of aromatic nitrogens is 1. The maximum Gasteiger partial charge on any atom is 0.337 e. The summed E-state index contributed by atoms with van der Waals surface area (Å²) in [6.07, 6.45) is 3.22. The molecule has 2 rings (SSSR count). The summed E-state index contributed by atoms with van der Waals surface area (Å²) < 4.78 is 15.9. The van der Waals surface area contributed by atoms with Crippen LogP contribution in [0, 0.1) is 0 Å². The highest BCUT2D eigenvalue weighted by Gasteiger charge is 2.15. The predicted octanol–water partition coefficient (Wildman–Crippen LogP) is 3.02. The van der Waals surface area contributed by atoms with Crippen molar-refractivity contribution in [2.45, 2.75) is 13.0 Å². The Hall–Kier alpha value is -2.56. The summed E-state index contributed by atoms with van der Waals surface area (Å²) in [5.74, 6) is 0.617. The van der Waals surface area contributed by atoms with Gasteiger partial charge in [-0.25, -0.2) is 4.79 Å². The topological polar surface area (TPSA) is 57.7 Å². The molecule has 0 radical (unpaired) electrons. The van der Waals surface area contributed by atoms with Crippen LogP contribution in [0.15, 0.2) is 42.7 Å². The Kier molecular flexibility index (Phi) is 4.77. The summed E-state index contributed by atoms with van der Waals surface area (Å²) in [7, 11) is 2.89. The SMILES string of the molecule is COC(=O)c1ccc(OC)c(OC(C)c2cccnc2)c1. The van der Waals surface area contributed by atoms with Gasteiger partial charge >= 0.3 is 5.97 Å². The van der Waals surface area contributed by atoms with Gasteiger partial charge in [0.05, 0.1) is 19.8 Å². The van der Waals surface area contributed by atoms with E-state index < -0.39 is 5.97 Å². The summed E-state index contributed by atoms with van der Waals surface area (Å²) >= 11 is 0.